The second-order valence-corrected chi connectivity index (χ2v) is 5.17. The number of carbonyl (C=O) groups excluding carboxylic acids is 1. The van der Waals surface area contributed by atoms with Crippen molar-refractivity contribution in [1.29, 1.82) is 0 Å². The lowest BCUT2D eigenvalue weighted by molar-refractivity contribution is -0.139. The van der Waals surface area contributed by atoms with Crippen LogP contribution in [-0.4, -0.2) is 42.0 Å². The molecular formula is C14H21N3O. The molecule has 0 bridgehead atoms. The minimum Gasteiger partial charge on any atom is -0.347 e. The molecule has 1 unspecified atom stereocenters. The second kappa shape index (κ2) is 5.48. The fourth-order valence-electron chi connectivity index (χ4n) is 2.50. The largest absolute Gasteiger partial charge is 0.347 e. The van der Waals surface area contributed by atoms with E-state index in [0.29, 0.717) is 0 Å². The van der Waals surface area contributed by atoms with Crippen molar-refractivity contribution in [2.24, 2.45) is 0 Å². The first kappa shape index (κ1) is 13.0. The Hall–Kier alpha value is -1.42. The van der Waals surface area contributed by atoms with Crippen molar-refractivity contribution in [3.05, 3.63) is 30.1 Å². The topological polar surface area (TPSA) is 45.2 Å². The summed E-state index contributed by atoms with van der Waals surface area (Å²) in [6.07, 6.45) is 7.54. The molecule has 1 aromatic rings. The average molecular weight is 247 g/mol. The Bertz CT molecular complexity index is 399. The number of aromatic nitrogens is 1. The molecule has 1 N–H and O–H groups in total. The van der Waals surface area contributed by atoms with Crippen LogP contribution in [0.4, 0.5) is 0 Å². The van der Waals surface area contributed by atoms with Gasteiger partial charge in [-0.1, -0.05) is 6.07 Å². The Morgan fingerprint density at radius 1 is 1.56 bits per heavy atom. The highest BCUT2D eigenvalue weighted by molar-refractivity contribution is 5.87. The number of hydrogen-bond acceptors (Lipinski definition) is 3. The van der Waals surface area contributed by atoms with Crippen LogP contribution in [0.25, 0.3) is 0 Å². The summed E-state index contributed by atoms with van der Waals surface area (Å²) in [7, 11) is 3.65. The fraction of sp³-hybridized carbons (Fsp3) is 0.571. The minimum absolute atomic E-state index is 0.208. The van der Waals surface area contributed by atoms with Gasteiger partial charge in [-0.05, 0) is 43.9 Å². The van der Waals surface area contributed by atoms with Crippen molar-refractivity contribution < 1.29 is 4.79 Å². The zero-order valence-electron chi connectivity index (χ0n) is 11.1. The van der Waals surface area contributed by atoms with E-state index in [-0.39, 0.29) is 11.4 Å². The van der Waals surface area contributed by atoms with Gasteiger partial charge in [0.15, 0.2) is 0 Å². The molecule has 1 saturated heterocycles. The number of likely N-dealkylation sites (N-methyl/N-ethyl adjacent to an activating group) is 1. The summed E-state index contributed by atoms with van der Waals surface area (Å²) in [6, 6.07) is 4.04. The van der Waals surface area contributed by atoms with Gasteiger partial charge in [0.1, 0.15) is 0 Å². The summed E-state index contributed by atoms with van der Waals surface area (Å²) in [5.41, 5.74) is 0.940. The molecule has 0 radical (unpaired) electrons. The van der Waals surface area contributed by atoms with Crippen LogP contribution in [0, 0.1) is 0 Å². The maximum atomic E-state index is 12.1. The summed E-state index contributed by atoms with van der Waals surface area (Å²) in [4.78, 5) is 17.9. The molecule has 0 saturated carbocycles. The van der Waals surface area contributed by atoms with E-state index in [1.54, 1.807) is 11.1 Å². The molecule has 2 rings (SSSR count). The molecule has 1 atom stereocenters. The van der Waals surface area contributed by atoms with E-state index < -0.39 is 0 Å². The zero-order chi connectivity index (χ0) is 13.0. The standard InChI is InChI=1S/C14H21N3O/c1-17(2)13(18)14(8-10-16-14)7-3-5-12-6-4-9-15-11-12/h4,6,9,11,16H,3,5,7-8,10H2,1-2H3. The van der Waals surface area contributed by atoms with E-state index in [4.69, 9.17) is 0 Å². The van der Waals surface area contributed by atoms with Crippen molar-refractivity contribution in [1.82, 2.24) is 15.2 Å². The van der Waals surface area contributed by atoms with Gasteiger partial charge in [0.05, 0.1) is 5.54 Å². The molecule has 1 aromatic heterocycles. The Morgan fingerprint density at radius 3 is 2.83 bits per heavy atom. The molecule has 1 fully saturated rings. The summed E-state index contributed by atoms with van der Waals surface area (Å²) in [5, 5.41) is 3.32. The van der Waals surface area contributed by atoms with E-state index in [0.717, 1.165) is 32.2 Å². The molecule has 1 amide bonds. The zero-order valence-corrected chi connectivity index (χ0v) is 11.1. The van der Waals surface area contributed by atoms with E-state index in [2.05, 4.69) is 16.4 Å². The molecule has 0 aliphatic carbocycles. The van der Waals surface area contributed by atoms with Crippen LogP contribution in [0.1, 0.15) is 24.8 Å². The van der Waals surface area contributed by atoms with Crippen LogP contribution in [0.5, 0.6) is 0 Å². The van der Waals surface area contributed by atoms with Gasteiger partial charge in [-0.15, -0.1) is 0 Å². The van der Waals surface area contributed by atoms with Gasteiger partial charge >= 0.3 is 0 Å². The second-order valence-electron chi connectivity index (χ2n) is 5.17. The van der Waals surface area contributed by atoms with Crippen LogP contribution in [0.2, 0.25) is 0 Å². The molecule has 4 heteroatoms. The van der Waals surface area contributed by atoms with Crippen molar-refractivity contribution in [3.63, 3.8) is 0 Å². The van der Waals surface area contributed by atoms with Crippen molar-refractivity contribution in [3.8, 4) is 0 Å². The van der Waals surface area contributed by atoms with Gasteiger partial charge in [0.2, 0.25) is 5.91 Å². The van der Waals surface area contributed by atoms with E-state index >= 15 is 0 Å². The molecular weight excluding hydrogens is 226 g/mol. The van der Waals surface area contributed by atoms with Gasteiger partial charge in [-0.2, -0.15) is 0 Å². The summed E-state index contributed by atoms with van der Waals surface area (Å²) < 4.78 is 0. The van der Waals surface area contributed by atoms with Crippen molar-refractivity contribution in [2.45, 2.75) is 31.2 Å². The Labute approximate surface area is 108 Å². The number of pyridine rings is 1. The van der Waals surface area contributed by atoms with Gasteiger partial charge in [-0.3, -0.25) is 9.78 Å². The summed E-state index contributed by atoms with van der Waals surface area (Å²) in [5.74, 6) is 0.208. The number of carbonyl (C=O) groups is 1. The van der Waals surface area contributed by atoms with Crippen LogP contribution < -0.4 is 5.32 Å². The number of rotatable bonds is 5. The quantitative estimate of drug-likeness (QED) is 0.851. The molecule has 0 aromatic carbocycles. The molecule has 18 heavy (non-hydrogen) atoms. The van der Waals surface area contributed by atoms with Crippen molar-refractivity contribution in [2.75, 3.05) is 20.6 Å². The van der Waals surface area contributed by atoms with E-state index in [1.807, 2.05) is 26.4 Å². The maximum absolute atomic E-state index is 12.1. The maximum Gasteiger partial charge on any atom is 0.242 e. The molecule has 4 nitrogen and oxygen atoms in total. The van der Waals surface area contributed by atoms with Crippen LogP contribution in [0.15, 0.2) is 24.5 Å². The SMILES string of the molecule is CN(C)C(=O)C1(CCCc2cccnc2)CCN1. The third-order valence-electron chi connectivity index (χ3n) is 3.62. The monoisotopic (exact) mass is 247 g/mol. The first-order chi connectivity index (χ1) is 8.64. The summed E-state index contributed by atoms with van der Waals surface area (Å²) in [6.45, 7) is 0.951. The molecule has 98 valence electrons. The Kier molecular flexibility index (Phi) is 3.97. The lowest BCUT2D eigenvalue weighted by Crippen LogP contribution is -2.65. The predicted molar refractivity (Wildman–Crippen MR) is 71.2 cm³/mol. The van der Waals surface area contributed by atoms with Crippen LogP contribution in [0.3, 0.4) is 0 Å². The van der Waals surface area contributed by atoms with E-state index in [9.17, 15) is 4.79 Å². The highest BCUT2D eigenvalue weighted by atomic mass is 16.2. The molecule has 0 spiro atoms. The average Bonchev–Trinajstić information content (AvgIpc) is 2.33. The minimum atomic E-state index is -0.300. The molecule has 1 aliphatic rings. The third-order valence-corrected chi connectivity index (χ3v) is 3.62. The smallest absolute Gasteiger partial charge is 0.242 e. The number of hydrogen-bond donors (Lipinski definition) is 1. The fourth-order valence-corrected chi connectivity index (χ4v) is 2.50. The summed E-state index contributed by atoms with van der Waals surface area (Å²) >= 11 is 0. The lowest BCUT2D eigenvalue weighted by Gasteiger charge is -2.43. The molecule has 1 aliphatic heterocycles. The first-order valence-corrected chi connectivity index (χ1v) is 6.50. The van der Waals surface area contributed by atoms with Crippen LogP contribution in [-0.2, 0) is 11.2 Å². The lowest BCUT2D eigenvalue weighted by atomic mass is 9.81. The number of aryl methyl sites for hydroxylation is 1. The Balaban J connectivity index is 1.86. The van der Waals surface area contributed by atoms with Gasteiger partial charge in [-0.25, -0.2) is 0 Å². The third kappa shape index (κ3) is 2.70. The number of amides is 1. The highest BCUT2D eigenvalue weighted by Crippen LogP contribution is 2.27. The Morgan fingerprint density at radius 2 is 2.33 bits per heavy atom. The van der Waals surface area contributed by atoms with Gasteiger partial charge in [0.25, 0.3) is 0 Å². The molecule has 2 heterocycles. The van der Waals surface area contributed by atoms with Crippen LogP contribution >= 0.6 is 0 Å². The predicted octanol–water partition coefficient (Wildman–Crippen LogP) is 1.22. The number of nitrogens with one attached hydrogen (secondary N) is 1. The first-order valence-electron chi connectivity index (χ1n) is 6.50. The van der Waals surface area contributed by atoms with Crippen molar-refractivity contribution >= 4 is 5.91 Å². The highest BCUT2D eigenvalue weighted by Gasteiger charge is 2.43. The van der Waals surface area contributed by atoms with E-state index in [1.165, 1.54) is 5.56 Å². The van der Waals surface area contributed by atoms with Gasteiger partial charge < -0.3 is 10.2 Å². The normalized spacial score (nSPS) is 22.3. The van der Waals surface area contributed by atoms with Gasteiger partial charge in [0, 0.05) is 26.5 Å². The number of nitrogens with zero attached hydrogens (tertiary/aromatic N) is 2.